The van der Waals surface area contributed by atoms with E-state index in [-0.39, 0.29) is 0 Å². The fraction of sp³-hybridized carbons (Fsp3) is 0.364. The minimum absolute atomic E-state index is 0.441. The first-order valence-electron chi connectivity index (χ1n) is 5.28. The van der Waals surface area contributed by atoms with Crippen LogP contribution in [-0.2, 0) is 6.54 Å². The van der Waals surface area contributed by atoms with Crippen molar-refractivity contribution in [2.24, 2.45) is 0 Å². The normalized spacial score (nSPS) is 12.9. The molecule has 4 nitrogen and oxygen atoms in total. The molecular weight excluding hydrogens is 307 g/mol. The van der Waals surface area contributed by atoms with Gasteiger partial charge in [-0.05, 0) is 34.5 Å². The molecule has 2 aromatic rings. The van der Waals surface area contributed by atoms with Crippen molar-refractivity contribution in [2.75, 3.05) is 0 Å². The average molecular weight is 320 g/mol. The number of furan rings is 1. The summed E-state index contributed by atoms with van der Waals surface area (Å²) in [5.41, 5.74) is 0.565. The molecule has 1 unspecified atom stereocenters. The van der Waals surface area contributed by atoms with Crippen molar-refractivity contribution in [3.63, 3.8) is 0 Å². The van der Waals surface area contributed by atoms with Crippen LogP contribution >= 0.6 is 27.5 Å². The number of halogens is 2. The highest BCUT2D eigenvalue weighted by Gasteiger charge is 2.22. The lowest BCUT2D eigenvalue weighted by Crippen LogP contribution is -2.10. The van der Waals surface area contributed by atoms with E-state index in [2.05, 4.69) is 21.0 Å². The van der Waals surface area contributed by atoms with Crippen LogP contribution in [-0.4, -0.2) is 14.9 Å². The van der Waals surface area contributed by atoms with E-state index in [9.17, 15) is 5.11 Å². The molecule has 1 N–H and O–H groups in total. The van der Waals surface area contributed by atoms with E-state index in [0.29, 0.717) is 27.7 Å². The maximum absolute atomic E-state index is 10.2. The zero-order chi connectivity index (χ0) is 12.4. The van der Waals surface area contributed by atoms with Crippen LogP contribution in [0.4, 0.5) is 0 Å². The van der Waals surface area contributed by atoms with E-state index >= 15 is 0 Å². The Labute approximate surface area is 112 Å². The molecule has 0 aromatic carbocycles. The third-order valence-electron chi connectivity index (χ3n) is 2.39. The van der Waals surface area contributed by atoms with Crippen LogP contribution in [0.2, 0.25) is 5.02 Å². The second kappa shape index (κ2) is 5.25. The average Bonchev–Trinajstić information content (AvgIpc) is 2.86. The topological polar surface area (TPSA) is 51.2 Å². The molecule has 0 aliphatic heterocycles. The van der Waals surface area contributed by atoms with Crippen molar-refractivity contribution in [2.45, 2.75) is 26.0 Å². The molecule has 0 amide bonds. The van der Waals surface area contributed by atoms with Crippen LogP contribution in [0.5, 0.6) is 0 Å². The summed E-state index contributed by atoms with van der Waals surface area (Å²) >= 11 is 9.23. The third kappa shape index (κ3) is 2.56. The Morgan fingerprint density at radius 2 is 2.35 bits per heavy atom. The van der Waals surface area contributed by atoms with E-state index < -0.39 is 6.10 Å². The zero-order valence-electron chi connectivity index (χ0n) is 9.23. The first-order valence-corrected chi connectivity index (χ1v) is 6.45. The van der Waals surface area contributed by atoms with Gasteiger partial charge in [-0.3, -0.25) is 4.68 Å². The molecule has 0 aliphatic carbocycles. The molecule has 2 aromatic heterocycles. The van der Waals surface area contributed by atoms with E-state index in [1.54, 1.807) is 16.8 Å². The number of aryl methyl sites for hydroxylation is 1. The molecule has 6 heteroatoms. The Morgan fingerprint density at radius 3 is 2.94 bits per heavy atom. The Kier molecular flexibility index (Phi) is 3.91. The lowest BCUT2D eigenvalue weighted by molar-refractivity contribution is 0.176. The fourth-order valence-electron chi connectivity index (χ4n) is 1.64. The summed E-state index contributed by atoms with van der Waals surface area (Å²) in [4.78, 5) is 0. The number of aliphatic hydroxyl groups is 1. The molecule has 1 atom stereocenters. The molecule has 0 saturated heterocycles. The smallest absolute Gasteiger partial charge is 0.169 e. The largest absolute Gasteiger partial charge is 0.451 e. The van der Waals surface area contributed by atoms with Crippen LogP contribution in [0.1, 0.15) is 30.9 Å². The Hall–Kier alpha value is -0.780. The van der Waals surface area contributed by atoms with Gasteiger partial charge in [0.15, 0.2) is 10.8 Å². The first-order chi connectivity index (χ1) is 8.13. The maximum atomic E-state index is 10.2. The molecule has 92 valence electrons. The quantitative estimate of drug-likeness (QED) is 0.940. The van der Waals surface area contributed by atoms with Gasteiger partial charge in [-0.1, -0.05) is 18.5 Å². The van der Waals surface area contributed by atoms with Crippen molar-refractivity contribution in [3.05, 3.63) is 39.5 Å². The predicted molar refractivity (Wildman–Crippen MR) is 68.0 cm³/mol. The van der Waals surface area contributed by atoms with E-state index in [1.807, 2.05) is 6.92 Å². The molecule has 2 rings (SSSR count). The number of aliphatic hydroxyl groups excluding tert-OH is 1. The third-order valence-corrected chi connectivity index (χ3v) is 3.11. The summed E-state index contributed by atoms with van der Waals surface area (Å²) in [5.74, 6) is 0.441. The van der Waals surface area contributed by atoms with E-state index in [0.717, 1.165) is 6.42 Å². The van der Waals surface area contributed by atoms with Crippen LogP contribution in [0.15, 0.2) is 27.4 Å². The zero-order valence-corrected chi connectivity index (χ0v) is 11.6. The van der Waals surface area contributed by atoms with Gasteiger partial charge < -0.3 is 9.52 Å². The van der Waals surface area contributed by atoms with Gasteiger partial charge in [0.1, 0.15) is 5.76 Å². The van der Waals surface area contributed by atoms with Gasteiger partial charge in [0.25, 0.3) is 0 Å². The molecule has 0 aliphatic rings. The molecule has 0 saturated carbocycles. The van der Waals surface area contributed by atoms with Crippen LogP contribution in [0.25, 0.3) is 0 Å². The maximum Gasteiger partial charge on any atom is 0.169 e. The van der Waals surface area contributed by atoms with Crippen molar-refractivity contribution in [1.82, 2.24) is 9.78 Å². The number of aromatic nitrogens is 2. The number of nitrogens with zero attached hydrogens (tertiary/aromatic N) is 2. The number of hydrogen-bond donors (Lipinski definition) is 1. The van der Waals surface area contributed by atoms with Gasteiger partial charge >= 0.3 is 0 Å². The first kappa shape index (κ1) is 12.7. The van der Waals surface area contributed by atoms with E-state index in [4.69, 9.17) is 16.0 Å². The second-order valence-corrected chi connectivity index (χ2v) is 4.83. The van der Waals surface area contributed by atoms with Gasteiger partial charge in [0.2, 0.25) is 0 Å². The summed E-state index contributed by atoms with van der Waals surface area (Å²) in [6, 6.07) is 3.43. The van der Waals surface area contributed by atoms with Gasteiger partial charge in [0, 0.05) is 6.54 Å². The van der Waals surface area contributed by atoms with Gasteiger partial charge in [0.05, 0.1) is 16.9 Å². The van der Waals surface area contributed by atoms with Crippen molar-refractivity contribution in [1.29, 1.82) is 0 Å². The van der Waals surface area contributed by atoms with Crippen LogP contribution in [0, 0.1) is 0 Å². The summed E-state index contributed by atoms with van der Waals surface area (Å²) in [5, 5.41) is 14.8. The Bertz CT molecular complexity index is 509. The molecule has 0 spiro atoms. The van der Waals surface area contributed by atoms with Crippen molar-refractivity contribution < 1.29 is 9.52 Å². The minimum atomic E-state index is -0.900. The van der Waals surface area contributed by atoms with Crippen LogP contribution < -0.4 is 0 Å². The fourth-order valence-corrected chi connectivity index (χ4v) is 2.21. The van der Waals surface area contributed by atoms with Crippen LogP contribution in [0.3, 0.4) is 0 Å². The second-order valence-electron chi connectivity index (χ2n) is 3.65. The summed E-state index contributed by atoms with van der Waals surface area (Å²) in [6.45, 7) is 2.75. The summed E-state index contributed by atoms with van der Waals surface area (Å²) < 4.78 is 7.60. The van der Waals surface area contributed by atoms with Gasteiger partial charge in [-0.15, -0.1) is 0 Å². The monoisotopic (exact) mass is 318 g/mol. The highest BCUT2D eigenvalue weighted by Crippen LogP contribution is 2.30. The van der Waals surface area contributed by atoms with Crippen molar-refractivity contribution >= 4 is 27.5 Å². The molecule has 0 bridgehead atoms. The Balaban J connectivity index is 2.35. The lowest BCUT2D eigenvalue weighted by atomic mass is 10.2. The summed E-state index contributed by atoms with van der Waals surface area (Å²) in [7, 11) is 0. The van der Waals surface area contributed by atoms with E-state index in [1.165, 1.54) is 6.20 Å². The van der Waals surface area contributed by atoms with Gasteiger partial charge in [-0.25, -0.2) is 0 Å². The predicted octanol–water partition coefficient (Wildman–Crippen LogP) is 3.38. The molecule has 17 heavy (non-hydrogen) atoms. The summed E-state index contributed by atoms with van der Waals surface area (Å²) in [6.07, 6.45) is 1.55. The molecule has 2 heterocycles. The SMILES string of the molecule is CCCn1ncc(Cl)c1C(O)c1ccc(Br)o1. The van der Waals surface area contributed by atoms with Gasteiger partial charge in [-0.2, -0.15) is 5.10 Å². The van der Waals surface area contributed by atoms with Crippen molar-refractivity contribution in [3.8, 4) is 0 Å². The number of hydrogen-bond acceptors (Lipinski definition) is 3. The highest BCUT2D eigenvalue weighted by molar-refractivity contribution is 9.10. The number of rotatable bonds is 4. The Morgan fingerprint density at radius 1 is 1.59 bits per heavy atom. The minimum Gasteiger partial charge on any atom is -0.451 e. The molecule has 0 fully saturated rings. The lowest BCUT2D eigenvalue weighted by Gasteiger charge is -2.11. The highest BCUT2D eigenvalue weighted by atomic mass is 79.9. The standard InChI is InChI=1S/C11H12BrClN2O2/c1-2-5-15-10(7(13)6-14-15)11(16)8-3-4-9(12)17-8/h3-4,6,11,16H,2,5H2,1H3. The molecule has 0 radical (unpaired) electrons. The molecular formula is C11H12BrClN2O2.